The molecule has 0 fully saturated rings. The lowest BCUT2D eigenvalue weighted by atomic mass is 10.0. The van der Waals surface area contributed by atoms with Crippen molar-refractivity contribution < 1.29 is 37.6 Å². The SMILES string of the molecule is CCCCCCCCCCCCCCCCCC(=O)OC[C@H](COP(=O)(O)OCCN=O)OC(=O)CCCCCCCCCCCCCCCCC. The normalized spacial score (nSPS) is 13.1. The van der Waals surface area contributed by atoms with Crippen LogP contribution in [0.1, 0.15) is 219 Å². The van der Waals surface area contributed by atoms with Gasteiger partial charge in [-0.1, -0.05) is 199 Å². The zero-order valence-corrected chi connectivity index (χ0v) is 34.5. The molecule has 0 aliphatic heterocycles. The topological polar surface area (TPSA) is 138 Å². The number of esters is 2. The van der Waals surface area contributed by atoms with Crippen LogP contribution < -0.4 is 0 Å². The molecule has 308 valence electrons. The summed E-state index contributed by atoms with van der Waals surface area (Å²) < 4.78 is 32.6. The summed E-state index contributed by atoms with van der Waals surface area (Å²) in [5.74, 6) is -0.876. The van der Waals surface area contributed by atoms with Crippen LogP contribution in [0.2, 0.25) is 0 Å². The molecule has 1 unspecified atom stereocenters. The van der Waals surface area contributed by atoms with Crippen LogP contribution >= 0.6 is 7.82 Å². The van der Waals surface area contributed by atoms with Gasteiger partial charge in [-0.3, -0.25) is 18.6 Å². The molecule has 52 heavy (non-hydrogen) atoms. The molecule has 0 aromatic heterocycles. The van der Waals surface area contributed by atoms with E-state index in [1.807, 2.05) is 0 Å². The highest BCUT2D eigenvalue weighted by molar-refractivity contribution is 7.47. The molecule has 0 rings (SSSR count). The van der Waals surface area contributed by atoms with E-state index in [1.165, 1.54) is 148 Å². The minimum absolute atomic E-state index is 0.208. The van der Waals surface area contributed by atoms with E-state index in [9.17, 15) is 24.0 Å². The van der Waals surface area contributed by atoms with Gasteiger partial charge in [-0.15, -0.1) is 0 Å². The summed E-state index contributed by atoms with van der Waals surface area (Å²) in [6.07, 6.45) is 36.5. The lowest BCUT2D eigenvalue weighted by Gasteiger charge is -2.19. The average Bonchev–Trinajstić information content (AvgIpc) is 3.12. The lowest BCUT2D eigenvalue weighted by molar-refractivity contribution is -0.161. The molecule has 0 bridgehead atoms. The summed E-state index contributed by atoms with van der Waals surface area (Å²) in [6, 6.07) is 0. The Morgan fingerprint density at radius 3 is 1.23 bits per heavy atom. The Balaban J connectivity index is 4.17. The molecule has 2 atom stereocenters. The summed E-state index contributed by atoms with van der Waals surface area (Å²) in [7, 11) is -4.50. The van der Waals surface area contributed by atoms with Crippen molar-refractivity contribution in [2.45, 2.75) is 225 Å². The van der Waals surface area contributed by atoms with Crippen molar-refractivity contribution in [1.82, 2.24) is 0 Å². The van der Waals surface area contributed by atoms with Gasteiger partial charge in [-0.25, -0.2) is 4.57 Å². The van der Waals surface area contributed by atoms with E-state index >= 15 is 0 Å². The zero-order valence-electron chi connectivity index (χ0n) is 33.6. The molecule has 0 aliphatic carbocycles. The molecule has 0 aromatic carbocycles. The molecular formula is C41H80NO9P. The number of nitroso groups, excluding NO2 is 1. The first-order valence-electron chi connectivity index (χ1n) is 21.6. The van der Waals surface area contributed by atoms with Gasteiger partial charge < -0.3 is 14.4 Å². The monoisotopic (exact) mass is 762 g/mol. The molecule has 0 saturated heterocycles. The summed E-state index contributed by atoms with van der Waals surface area (Å²) in [6.45, 7) is 3.06. The smallest absolute Gasteiger partial charge is 0.462 e. The lowest BCUT2D eigenvalue weighted by Crippen LogP contribution is -2.29. The van der Waals surface area contributed by atoms with Crippen molar-refractivity contribution >= 4 is 19.8 Å². The van der Waals surface area contributed by atoms with Gasteiger partial charge >= 0.3 is 19.8 Å². The van der Waals surface area contributed by atoms with Crippen molar-refractivity contribution in [2.24, 2.45) is 5.18 Å². The molecule has 0 aliphatic rings. The molecule has 11 heteroatoms. The van der Waals surface area contributed by atoms with E-state index in [-0.39, 0.29) is 32.6 Å². The summed E-state index contributed by atoms with van der Waals surface area (Å²) in [5.41, 5.74) is 0. The maximum Gasteiger partial charge on any atom is 0.472 e. The Hall–Kier alpha value is -1.35. The van der Waals surface area contributed by atoms with Crippen LogP contribution in [0.4, 0.5) is 0 Å². The second-order valence-corrected chi connectivity index (χ2v) is 16.1. The Bertz CT molecular complexity index is 860. The molecule has 0 amide bonds. The van der Waals surface area contributed by atoms with Gasteiger partial charge in [0.1, 0.15) is 13.2 Å². The number of carbonyl (C=O) groups excluding carboxylic acids is 2. The van der Waals surface area contributed by atoms with E-state index < -0.39 is 32.5 Å². The first-order valence-corrected chi connectivity index (χ1v) is 23.1. The van der Waals surface area contributed by atoms with Crippen LogP contribution in [0.3, 0.4) is 0 Å². The quantitative estimate of drug-likeness (QED) is 0.0279. The van der Waals surface area contributed by atoms with Gasteiger partial charge in [0.05, 0.1) is 13.2 Å². The standard InChI is InChI=1S/C41H80NO9P/c1-3-5-7-9-11-13-15-17-19-21-23-25-27-29-31-33-40(43)48-37-39(38-50-52(46,47)49-36-35-42-45)51-41(44)34-32-30-28-26-24-22-20-18-16-14-12-10-8-6-4-2/h39H,3-38H2,1-2H3,(H,46,47)/t39-/m1/s1. The van der Waals surface area contributed by atoms with Gasteiger partial charge in [-0.2, -0.15) is 4.91 Å². The number of ether oxygens (including phenoxy) is 2. The molecule has 0 heterocycles. The van der Waals surface area contributed by atoms with Crippen LogP contribution in [0.15, 0.2) is 5.18 Å². The van der Waals surface area contributed by atoms with Crippen molar-refractivity contribution in [3.05, 3.63) is 4.91 Å². The minimum atomic E-state index is -4.50. The van der Waals surface area contributed by atoms with Crippen LogP contribution in [-0.2, 0) is 32.7 Å². The largest absolute Gasteiger partial charge is 0.472 e. The highest BCUT2D eigenvalue weighted by atomic mass is 31.2. The Labute approximate surface area is 318 Å². The van der Waals surface area contributed by atoms with Gasteiger partial charge in [-0.05, 0) is 12.8 Å². The first-order chi connectivity index (χ1) is 25.3. The molecule has 10 nitrogen and oxygen atoms in total. The van der Waals surface area contributed by atoms with E-state index in [0.29, 0.717) is 6.42 Å². The van der Waals surface area contributed by atoms with Gasteiger partial charge in [0.25, 0.3) is 0 Å². The fraction of sp³-hybridized carbons (Fsp3) is 0.951. The fourth-order valence-corrected chi connectivity index (χ4v) is 7.05. The molecule has 1 N–H and O–H groups in total. The Kier molecular flexibility index (Phi) is 38.3. The minimum Gasteiger partial charge on any atom is -0.462 e. The Morgan fingerprint density at radius 2 is 0.865 bits per heavy atom. The average molecular weight is 762 g/mol. The van der Waals surface area contributed by atoms with Gasteiger partial charge in [0.15, 0.2) is 6.10 Å². The summed E-state index contributed by atoms with van der Waals surface area (Å²) in [5, 5.41) is 2.58. The zero-order chi connectivity index (χ0) is 38.2. The van der Waals surface area contributed by atoms with Crippen molar-refractivity contribution in [3.8, 4) is 0 Å². The fourth-order valence-electron chi connectivity index (χ4n) is 6.31. The van der Waals surface area contributed by atoms with Gasteiger partial charge in [0, 0.05) is 12.8 Å². The predicted octanol–water partition coefficient (Wildman–Crippen LogP) is 12.9. The van der Waals surface area contributed by atoms with Crippen molar-refractivity contribution in [1.29, 1.82) is 0 Å². The molecule has 0 saturated carbocycles. The number of rotatable bonds is 42. The van der Waals surface area contributed by atoms with Crippen molar-refractivity contribution in [2.75, 3.05) is 26.4 Å². The van der Waals surface area contributed by atoms with E-state index in [0.717, 1.165) is 38.5 Å². The third-order valence-electron chi connectivity index (χ3n) is 9.56. The second kappa shape index (κ2) is 39.3. The van der Waals surface area contributed by atoms with E-state index in [1.54, 1.807) is 0 Å². The Morgan fingerprint density at radius 1 is 0.519 bits per heavy atom. The summed E-state index contributed by atoms with van der Waals surface area (Å²) >= 11 is 0. The number of hydrogen-bond donors (Lipinski definition) is 1. The summed E-state index contributed by atoms with van der Waals surface area (Å²) in [4.78, 5) is 45.1. The predicted molar refractivity (Wildman–Crippen MR) is 212 cm³/mol. The maximum atomic E-state index is 12.6. The number of phosphoric acid groups is 1. The van der Waals surface area contributed by atoms with Gasteiger partial charge in [0.2, 0.25) is 0 Å². The highest BCUT2D eigenvalue weighted by Crippen LogP contribution is 2.43. The molecular weight excluding hydrogens is 681 g/mol. The third-order valence-corrected chi connectivity index (χ3v) is 10.5. The maximum absolute atomic E-state index is 12.6. The van der Waals surface area contributed by atoms with E-state index in [4.69, 9.17) is 18.5 Å². The number of unbranched alkanes of at least 4 members (excludes halogenated alkanes) is 28. The van der Waals surface area contributed by atoms with Crippen LogP contribution in [-0.4, -0.2) is 49.3 Å². The van der Waals surface area contributed by atoms with Crippen LogP contribution in [0.25, 0.3) is 0 Å². The third kappa shape index (κ3) is 38.4. The number of hydrogen-bond acceptors (Lipinski definition) is 9. The van der Waals surface area contributed by atoms with Crippen LogP contribution in [0, 0.1) is 4.91 Å². The first kappa shape index (κ1) is 50.6. The molecule has 0 aromatic rings. The number of nitrogens with zero attached hydrogens (tertiary/aromatic N) is 1. The molecule has 0 spiro atoms. The van der Waals surface area contributed by atoms with Crippen LogP contribution in [0.5, 0.6) is 0 Å². The number of carbonyl (C=O) groups is 2. The number of phosphoric ester groups is 1. The molecule has 0 radical (unpaired) electrons. The highest BCUT2D eigenvalue weighted by Gasteiger charge is 2.26. The van der Waals surface area contributed by atoms with E-state index in [2.05, 4.69) is 19.0 Å². The second-order valence-electron chi connectivity index (χ2n) is 14.6. The van der Waals surface area contributed by atoms with Crippen molar-refractivity contribution in [3.63, 3.8) is 0 Å².